The largest absolute Gasteiger partial charge is 0.489 e. The van der Waals surface area contributed by atoms with Gasteiger partial charge in [0, 0.05) is 6.42 Å². The Hall–Kier alpha value is -4.38. The number of para-hydroxylation sites is 1. The van der Waals surface area contributed by atoms with Crippen molar-refractivity contribution in [2.24, 2.45) is 5.92 Å². The number of rotatable bonds is 17. The van der Waals surface area contributed by atoms with Crippen LogP contribution < -0.4 is 4.74 Å². The van der Waals surface area contributed by atoms with E-state index < -0.39 is 11.9 Å². The van der Waals surface area contributed by atoms with E-state index in [2.05, 4.69) is 72.8 Å². The molecule has 46 heavy (non-hydrogen) atoms. The highest BCUT2D eigenvalue weighted by molar-refractivity contribution is 5.88. The molecule has 240 valence electrons. The second-order valence-corrected chi connectivity index (χ2v) is 12.7. The smallest absolute Gasteiger partial charge is 0.335 e. The number of fused-ring (bicyclic) bond motifs is 1. The number of benzene rings is 4. The zero-order valence-electron chi connectivity index (χ0n) is 26.7. The number of carbonyl (C=O) groups is 2. The van der Waals surface area contributed by atoms with E-state index in [0.717, 1.165) is 75.5 Å². The van der Waals surface area contributed by atoms with Crippen LogP contribution in [0.15, 0.2) is 97.1 Å². The number of unbranched alkanes of at least 4 members (excludes halogenated alkanes) is 2. The van der Waals surface area contributed by atoms with Crippen LogP contribution in [0.1, 0.15) is 101 Å². The number of ether oxygens (including phenoxy) is 1. The van der Waals surface area contributed by atoms with Gasteiger partial charge in [-0.2, -0.15) is 0 Å². The quantitative estimate of drug-likeness (QED) is 0.115. The van der Waals surface area contributed by atoms with E-state index in [-0.39, 0.29) is 6.42 Å². The van der Waals surface area contributed by atoms with Crippen LogP contribution in [0.4, 0.5) is 0 Å². The van der Waals surface area contributed by atoms with E-state index in [1.807, 2.05) is 18.2 Å². The summed E-state index contributed by atoms with van der Waals surface area (Å²) < 4.78 is 6.39. The minimum absolute atomic E-state index is 0.218. The van der Waals surface area contributed by atoms with Gasteiger partial charge in [0.25, 0.3) is 0 Å². The predicted octanol–water partition coefficient (Wildman–Crippen LogP) is 9.45. The lowest BCUT2D eigenvalue weighted by Gasteiger charge is -2.33. The topological polar surface area (TPSA) is 83.8 Å². The second-order valence-electron chi connectivity index (χ2n) is 12.7. The van der Waals surface area contributed by atoms with Gasteiger partial charge < -0.3 is 14.9 Å². The lowest BCUT2D eigenvalue weighted by molar-refractivity contribution is -0.137. The normalized spacial score (nSPS) is 14.7. The van der Waals surface area contributed by atoms with Gasteiger partial charge in [0.05, 0.1) is 5.56 Å². The molecule has 1 unspecified atom stereocenters. The van der Waals surface area contributed by atoms with Gasteiger partial charge >= 0.3 is 11.9 Å². The van der Waals surface area contributed by atoms with Gasteiger partial charge in [0.15, 0.2) is 0 Å². The van der Waals surface area contributed by atoms with E-state index >= 15 is 0 Å². The molecule has 4 aromatic rings. The summed E-state index contributed by atoms with van der Waals surface area (Å²) >= 11 is 0. The van der Waals surface area contributed by atoms with Crippen molar-refractivity contribution >= 4 is 11.9 Å². The zero-order valence-corrected chi connectivity index (χ0v) is 26.7. The Labute approximate surface area is 273 Å². The molecule has 0 aromatic heterocycles. The van der Waals surface area contributed by atoms with E-state index in [1.54, 1.807) is 6.07 Å². The molecule has 5 heteroatoms. The number of aromatic carboxylic acids is 1. The number of hydrogen-bond acceptors (Lipinski definition) is 3. The third-order valence-electron chi connectivity index (χ3n) is 9.50. The molecule has 0 bridgehead atoms. The summed E-state index contributed by atoms with van der Waals surface area (Å²) in [5, 5.41) is 18.6. The lowest BCUT2D eigenvalue weighted by Crippen LogP contribution is -2.20. The molecule has 0 fully saturated rings. The first-order valence-corrected chi connectivity index (χ1v) is 16.9. The Morgan fingerprint density at radius 1 is 0.739 bits per heavy atom. The number of carboxylic acids is 2. The molecular formula is C41H46O5. The van der Waals surface area contributed by atoms with Crippen LogP contribution >= 0.6 is 0 Å². The maximum Gasteiger partial charge on any atom is 0.335 e. The lowest BCUT2D eigenvalue weighted by atomic mass is 9.72. The van der Waals surface area contributed by atoms with Crippen molar-refractivity contribution in [3.05, 3.63) is 136 Å². The van der Waals surface area contributed by atoms with E-state index in [9.17, 15) is 14.7 Å². The monoisotopic (exact) mass is 618 g/mol. The number of aliphatic carboxylic acids is 1. The van der Waals surface area contributed by atoms with Crippen molar-refractivity contribution in [1.29, 1.82) is 0 Å². The molecule has 1 aliphatic rings. The van der Waals surface area contributed by atoms with Gasteiger partial charge in [-0.1, -0.05) is 91.7 Å². The van der Waals surface area contributed by atoms with Crippen molar-refractivity contribution < 1.29 is 24.5 Å². The molecule has 0 spiro atoms. The highest BCUT2D eigenvalue weighted by Crippen LogP contribution is 2.42. The van der Waals surface area contributed by atoms with Crippen LogP contribution in [0.5, 0.6) is 5.75 Å². The molecule has 1 aliphatic carbocycles. The molecule has 4 aromatic carbocycles. The van der Waals surface area contributed by atoms with Crippen molar-refractivity contribution in [1.82, 2.24) is 0 Å². The Kier molecular flexibility index (Phi) is 12.0. The number of aryl methyl sites for hydroxylation is 4. The second kappa shape index (κ2) is 16.8. The van der Waals surface area contributed by atoms with Gasteiger partial charge in [0.2, 0.25) is 0 Å². The molecule has 5 rings (SSSR count). The summed E-state index contributed by atoms with van der Waals surface area (Å²) in [6.45, 7) is 0.519. The first-order valence-electron chi connectivity index (χ1n) is 16.9. The number of carboxylic acid groups (broad SMARTS) is 2. The third-order valence-corrected chi connectivity index (χ3v) is 9.50. The van der Waals surface area contributed by atoms with E-state index in [1.165, 1.54) is 27.8 Å². The molecule has 5 nitrogen and oxygen atoms in total. The van der Waals surface area contributed by atoms with Crippen LogP contribution in [0, 0.1) is 5.92 Å². The van der Waals surface area contributed by atoms with Gasteiger partial charge in [-0.05, 0) is 121 Å². The fourth-order valence-corrected chi connectivity index (χ4v) is 6.97. The molecule has 0 amide bonds. The molecule has 0 radical (unpaired) electrons. The van der Waals surface area contributed by atoms with Crippen LogP contribution in [-0.2, 0) is 37.1 Å². The number of hydrogen-bond donors (Lipinski definition) is 2. The molecular weight excluding hydrogens is 572 g/mol. The van der Waals surface area contributed by atoms with E-state index in [0.29, 0.717) is 30.4 Å². The van der Waals surface area contributed by atoms with Crippen molar-refractivity contribution in [3.8, 4) is 5.75 Å². The van der Waals surface area contributed by atoms with Crippen LogP contribution in [0.2, 0.25) is 0 Å². The Bertz CT molecular complexity index is 1560. The van der Waals surface area contributed by atoms with Crippen LogP contribution in [0.3, 0.4) is 0 Å². The van der Waals surface area contributed by atoms with Crippen LogP contribution in [0.25, 0.3) is 0 Å². The standard InChI is InChI=1S/C41H46O5/c42-40(43)17-6-2-5-12-33(37-15-9-14-35-28-36(41(44)45)26-27-38(35)37)24-25-34-13-7-8-16-39(34)46-29-32-22-20-31(21-23-32)19-18-30-10-3-1-4-11-30/h1,3-4,7-8,10-11,13,16,20-23,26-28,33,37H,2,5-6,9,12,14-15,17-19,24-25,29H2,(H,42,43)(H,44,45)/t33?,37-/m1/s1. The van der Waals surface area contributed by atoms with Crippen LogP contribution in [-0.4, -0.2) is 22.2 Å². The van der Waals surface area contributed by atoms with Gasteiger partial charge in [-0.15, -0.1) is 0 Å². The average Bonchev–Trinajstić information content (AvgIpc) is 3.08. The van der Waals surface area contributed by atoms with Crippen molar-refractivity contribution in [2.75, 3.05) is 0 Å². The van der Waals surface area contributed by atoms with Crippen molar-refractivity contribution in [2.45, 2.75) is 89.6 Å². The van der Waals surface area contributed by atoms with E-state index in [4.69, 9.17) is 9.84 Å². The summed E-state index contributed by atoms with van der Waals surface area (Å²) in [5.41, 5.74) is 7.85. The minimum Gasteiger partial charge on any atom is -0.489 e. The maximum absolute atomic E-state index is 11.6. The highest BCUT2D eigenvalue weighted by Gasteiger charge is 2.28. The predicted molar refractivity (Wildman–Crippen MR) is 183 cm³/mol. The minimum atomic E-state index is -0.879. The summed E-state index contributed by atoms with van der Waals surface area (Å²) in [4.78, 5) is 22.7. The first-order chi connectivity index (χ1) is 22.5. The summed E-state index contributed by atoms with van der Waals surface area (Å²) in [6.07, 6.45) is 10.9. The van der Waals surface area contributed by atoms with Gasteiger partial charge in [0.1, 0.15) is 12.4 Å². The maximum atomic E-state index is 11.6. The fourth-order valence-electron chi connectivity index (χ4n) is 6.97. The zero-order chi connectivity index (χ0) is 32.1. The Balaban J connectivity index is 1.22. The molecule has 0 heterocycles. The summed E-state index contributed by atoms with van der Waals surface area (Å²) in [7, 11) is 0. The molecule has 0 saturated heterocycles. The van der Waals surface area contributed by atoms with Crippen molar-refractivity contribution in [3.63, 3.8) is 0 Å². The molecule has 0 saturated carbocycles. The Morgan fingerprint density at radius 3 is 2.22 bits per heavy atom. The SMILES string of the molecule is O=C(O)CCCCCC(CCc1ccccc1OCc1ccc(CCc2ccccc2)cc1)[C@H]1CCCc2cc(C(=O)O)ccc21. The van der Waals surface area contributed by atoms with Gasteiger partial charge in [-0.3, -0.25) is 4.79 Å². The first kappa shape index (κ1) is 33.0. The fraction of sp³-hybridized carbons (Fsp3) is 0.366. The molecule has 2 N–H and O–H groups in total. The highest BCUT2D eigenvalue weighted by atomic mass is 16.5. The Morgan fingerprint density at radius 2 is 1.46 bits per heavy atom. The summed E-state index contributed by atoms with van der Waals surface area (Å²) in [5.74, 6) is 0.111. The third kappa shape index (κ3) is 9.56. The summed E-state index contributed by atoms with van der Waals surface area (Å²) in [6, 6.07) is 33.3. The molecule has 2 atom stereocenters. The van der Waals surface area contributed by atoms with Gasteiger partial charge in [-0.25, -0.2) is 4.79 Å². The molecule has 0 aliphatic heterocycles. The average molecular weight is 619 g/mol.